The summed E-state index contributed by atoms with van der Waals surface area (Å²) in [5.74, 6) is 0. The fourth-order valence-corrected chi connectivity index (χ4v) is 5.25. The van der Waals surface area contributed by atoms with Crippen LogP contribution in [0.15, 0.2) is 65.4 Å². The number of hydrogen-bond acceptors (Lipinski definition) is 8. The zero-order valence-corrected chi connectivity index (χ0v) is 19.0. The van der Waals surface area contributed by atoms with Gasteiger partial charge in [0.2, 0.25) is 0 Å². The average Bonchev–Trinajstić information content (AvgIpc) is 3.53. The maximum atomic E-state index is 6.77. The molecule has 0 bridgehead atoms. The number of nitrogens with one attached hydrogen (secondary N) is 2. The highest BCUT2D eigenvalue weighted by atomic mass is 32.1. The lowest BCUT2D eigenvalue weighted by atomic mass is 9.98. The molecule has 5 rings (SSSR count). The highest BCUT2D eigenvalue weighted by Gasteiger charge is 2.23. The smallest absolute Gasteiger partial charge is 0.151 e. The van der Waals surface area contributed by atoms with Gasteiger partial charge in [0.25, 0.3) is 0 Å². The lowest BCUT2D eigenvalue weighted by molar-refractivity contribution is -0.0756. The molecule has 164 valence electrons. The fourth-order valence-electron chi connectivity index (χ4n) is 3.71. The van der Waals surface area contributed by atoms with Crippen LogP contribution in [0.4, 0.5) is 28.4 Å². The summed E-state index contributed by atoms with van der Waals surface area (Å²) in [6, 6.07) is 18.1. The molecule has 0 aliphatic carbocycles. The number of thiophene rings is 2. The molecule has 8 heteroatoms. The Balaban J connectivity index is 1.67. The summed E-state index contributed by atoms with van der Waals surface area (Å²) >= 11 is 3.39. The largest absolute Gasteiger partial charge is 0.399 e. The van der Waals surface area contributed by atoms with E-state index in [1.165, 1.54) is 0 Å². The first-order valence-electron chi connectivity index (χ1n) is 10.3. The third-order valence-electron chi connectivity index (χ3n) is 5.23. The van der Waals surface area contributed by atoms with E-state index in [1.54, 1.807) is 22.7 Å². The Morgan fingerprint density at radius 3 is 2.31 bits per heavy atom. The first kappa shape index (κ1) is 20.8. The summed E-state index contributed by atoms with van der Waals surface area (Å²) in [6.07, 6.45) is -0.251. The molecule has 1 aliphatic rings. The number of nitrogens with two attached hydrogens (primary N) is 2. The van der Waals surface area contributed by atoms with Crippen LogP contribution in [0.3, 0.4) is 0 Å². The minimum absolute atomic E-state index is 0.251. The van der Waals surface area contributed by atoms with Gasteiger partial charge < -0.3 is 31.6 Å². The molecule has 2 aromatic carbocycles. The molecule has 1 saturated heterocycles. The SMILES string of the molecule is Nc1ccc(Nc2c(N)c(NC3COCCO3)cc(-c3cccs3)c2-c2cccs2)cc1. The van der Waals surface area contributed by atoms with Crippen molar-refractivity contribution in [1.82, 2.24) is 0 Å². The average molecular weight is 465 g/mol. The van der Waals surface area contributed by atoms with Gasteiger partial charge in [0.15, 0.2) is 6.23 Å². The molecule has 32 heavy (non-hydrogen) atoms. The molecular formula is C24H24N4O2S2. The first-order chi connectivity index (χ1) is 15.7. The van der Waals surface area contributed by atoms with Crippen molar-refractivity contribution in [2.24, 2.45) is 0 Å². The maximum absolute atomic E-state index is 6.77. The van der Waals surface area contributed by atoms with Crippen LogP contribution in [-0.4, -0.2) is 26.0 Å². The highest BCUT2D eigenvalue weighted by Crippen LogP contribution is 2.48. The molecule has 0 saturated carbocycles. The first-order valence-corrected chi connectivity index (χ1v) is 12.1. The van der Waals surface area contributed by atoms with Gasteiger partial charge in [0, 0.05) is 32.3 Å². The van der Waals surface area contributed by atoms with Gasteiger partial charge in [-0.1, -0.05) is 12.1 Å². The molecule has 4 aromatic rings. The lowest BCUT2D eigenvalue weighted by Crippen LogP contribution is -2.35. The van der Waals surface area contributed by atoms with Crippen molar-refractivity contribution in [3.8, 4) is 20.9 Å². The van der Waals surface area contributed by atoms with E-state index < -0.39 is 0 Å². The normalized spacial score (nSPS) is 16.1. The molecule has 6 nitrogen and oxygen atoms in total. The number of nitrogen functional groups attached to an aromatic ring is 2. The van der Waals surface area contributed by atoms with Crippen LogP contribution in [0.25, 0.3) is 20.9 Å². The summed E-state index contributed by atoms with van der Waals surface area (Å²) in [5, 5.41) is 11.2. The molecule has 1 aliphatic heterocycles. The second-order valence-corrected chi connectivity index (χ2v) is 9.31. The van der Waals surface area contributed by atoms with E-state index >= 15 is 0 Å². The van der Waals surface area contributed by atoms with Crippen LogP contribution >= 0.6 is 22.7 Å². The summed E-state index contributed by atoms with van der Waals surface area (Å²) in [4.78, 5) is 2.31. The monoisotopic (exact) mass is 464 g/mol. The van der Waals surface area contributed by atoms with Crippen LogP contribution in [0.2, 0.25) is 0 Å². The third kappa shape index (κ3) is 4.31. The Kier molecular flexibility index (Phi) is 6.00. The lowest BCUT2D eigenvalue weighted by Gasteiger charge is -2.27. The zero-order chi connectivity index (χ0) is 21.9. The van der Waals surface area contributed by atoms with Crippen molar-refractivity contribution in [2.75, 3.05) is 41.9 Å². The Morgan fingerprint density at radius 2 is 1.66 bits per heavy atom. The number of benzene rings is 2. The molecule has 1 atom stereocenters. The topological polar surface area (TPSA) is 94.6 Å². The van der Waals surface area contributed by atoms with Crippen LogP contribution in [0.1, 0.15) is 0 Å². The van der Waals surface area contributed by atoms with Crippen molar-refractivity contribution in [1.29, 1.82) is 0 Å². The molecular weight excluding hydrogens is 440 g/mol. The third-order valence-corrected chi connectivity index (χ3v) is 7.02. The summed E-state index contributed by atoms with van der Waals surface area (Å²) in [7, 11) is 0. The van der Waals surface area contributed by atoms with Gasteiger partial charge in [-0.25, -0.2) is 0 Å². The Bertz CT molecular complexity index is 1170. The van der Waals surface area contributed by atoms with Crippen LogP contribution < -0.4 is 22.1 Å². The second kappa shape index (κ2) is 9.22. The molecule has 3 heterocycles. The molecule has 2 aromatic heterocycles. The summed E-state index contributed by atoms with van der Waals surface area (Å²) < 4.78 is 11.4. The Hall–Kier alpha value is -3.04. The quantitative estimate of drug-likeness (QED) is 0.268. The molecule has 0 radical (unpaired) electrons. The van der Waals surface area contributed by atoms with Gasteiger partial charge in [0.05, 0.1) is 36.9 Å². The molecule has 6 N–H and O–H groups in total. The maximum Gasteiger partial charge on any atom is 0.151 e. The summed E-state index contributed by atoms with van der Waals surface area (Å²) in [5.41, 5.74) is 18.7. The molecule has 0 spiro atoms. The number of rotatable bonds is 6. The van der Waals surface area contributed by atoms with E-state index in [2.05, 4.69) is 51.7 Å². The van der Waals surface area contributed by atoms with Crippen molar-refractivity contribution < 1.29 is 9.47 Å². The van der Waals surface area contributed by atoms with E-state index in [-0.39, 0.29) is 6.23 Å². The van der Waals surface area contributed by atoms with E-state index in [0.717, 1.165) is 37.9 Å². The predicted octanol–water partition coefficient (Wildman–Crippen LogP) is 5.84. The molecule has 1 fully saturated rings. The van der Waals surface area contributed by atoms with Gasteiger partial charge in [-0.3, -0.25) is 0 Å². The number of ether oxygens (including phenoxy) is 2. The van der Waals surface area contributed by atoms with Crippen LogP contribution in [0.5, 0.6) is 0 Å². The van der Waals surface area contributed by atoms with Crippen LogP contribution in [0, 0.1) is 0 Å². The Morgan fingerprint density at radius 1 is 0.906 bits per heavy atom. The predicted molar refractivity (Wildman–Crippen MR) is 136 cm³/mol. The van der Waals surface area contributed by atoms with Crippen LogP contribution in [-0.2, 0) is 9.47 Å². The van der Waals surface area contributed by atoms with E-state index in [4.69, 9.17) is 20.9 Å². The zero-order valence-electron chi connectivity index (χ0n) is 17.3. The van der Waals surface area contributed by atoms with Crippen molar-refractivity contribution in [3.63, 3.8) is 0 Å². The van der Waals surface area contributed by atoms with Gasteiger partial charge in [0.1, 0.15) is 0 Å². The van der Waals surface area contributed by atoms with E-state index in [1.807, 2.05) is 24.3 Å². The second-order valence-electron chi connectivity index (χ2n) is 7.42. The number of anilines is 5. The van der Waals surface area contributed by atoms with E-state index in [9.17, 15) is 0 Å². The minimum atomic E-state index is -0.251. The van der Waals surface area contributed by atoms with Gasteiger partial charge in [-0.15, -0.1) is 22.7 Å². The van der Waals surface area contributed by atoms with Crippen molar-refractivity contribution >= 4 is 51.1 Å². The number of hydrogen-bond donors (Lipinski definition) is 4. The van der Waals surface area contributed by atoms with Gasteiger partial charge in [-0.2, -0.15) is 0 Å². The van der Waals surface area contributed by atoms with Crippen molar-refractivity contribution in [3.05, 3.63) is 65.4 Å². The molecule has 1 unspecified atom stereocenters. The molecule has 0 amide bonds. The fraction of sp³-hybridized carbons (Fsp3) is 0.167. The standard InChI is InChI=1S/C24H24N4O2S2/c25-15-5-7-16(8-6-15)27-24-22(20-4-2-12-32-20)17(19-3-1-11-31-19)13-18(23(24)26)28-21-14-29-9-10-30-21/h1-8,11-13,21,27-28H,9-10,14,25-26H2. The van der Waals surface area contributed by atoms with Gasteiger partial charge >= 0.3 is 0 Å². The minimum Gasteiger partial charge on any atom is -0.399 e. The highest BCUT2D eigenvalue weighted by molar-refractivity contribution is 7.14. The van der Waals surface area contributed by atoms with Gasteiger partial charge in [-0.05, 0) is 53.2 Å². The van der Waals surface area contributed by atoms with E-state index in [0.29, 0.717) is 31.2 Å². The summed E-state index contributed by atoms with van der Waals surface area (Å²) in [6.45, 7) is 1.63. The Labute approximate surface area is 194 Å². The van der Waals surface area contributed by atoms with Crippen molar-refractivity contribution in [2.45, 2.75) is 6.23 Å².